The van der Waals surface area contributed by atoms with E-state index in [0.29, 0.717) is 0 Å². The third-order valence-electron chi connectivity index (χ3n) is 0. The minimum absolute atomic E-state index is 1.75. The van der Waals surface area contributed by atoms with Crippen LogP contribution in [-0.2, 0) is 0 Å². The summed E-state index contributed by atoms with van der Waals surface area (Å²) in [5.41, 5.74) is 0. The maximum Gasteiger partial charge on any atom is 0.631 e. The highest BCUT2D eigenvalue weighted by molar-refractivity contribution is 6.30. The second-order valence-corrected chi connectivity index (χ2v) is 0.414. The molecule has 0 atom stereocenters. The van der Waals surface area contributed by atoms with Gasteiger partial charge in [-0.05, 0) is 0 Å². The van der Waals surface area contributed by atoms with Crippen molar-refractivity contribution in [2.75, 3.05) is 0 Å². The van der Waals surface area contributed by atoms with Crippen molar-refractivity contribution in [3.63, 3.8) is 0 Å². The molecule has 42 valence electrons. The molecule has 0 fully saturated rings. The van der Waals surface area contributed by atoms with Gasteiger partial charge in [0.05, 0.1) is 0 Å². The van der Waals surface area contributed by atoms with E-state index in [1.807, 2.05) is 0 Å². The molecule has 0 rings (SSSR count). The van der Waals surface area contributed by atoms with Crippen molar-refractivity contribution in [2.45, 2.75) is 0 Å². The van der Waals surface area contributed by atoms with Gasteiger partial charge in [-0.25, -0.2) is 0 Å². The normalized spacial score (nSPS) is 5.57. The van der Waals surface area contributed by atoms with Gasteiger partial charge in [-0.2, -0.15) is 0 Å². The highest BCUT2D eigenvalue weighted by atomic mass is 17.2. The summed E-state index contributed by atoms with van der Waals surface area (Å²) in [6, 6.07) is 0. The van der Waals surface area contributed by atoms with Crippen LogP contribution < -0.4 is 5.26 Å². The van der Waals surface area contributed by atoms with Gasteiger partial charge in [0.25, 0.3) is 0 Å². The van der Waals surface area contributed by atoms with Crippen molar-refractivity contribution in [3.05, 3.63) is 9.71 Å². The number of hydrogen-bond donors (Lipinski definition) is 3. The molecule has 0 aromatic carbocycles. The molecule has 0 bridgehead atoms. The smallest absolute Gasteiger partial charge is 0.402 e. The van der Waals surface area contributed by atoms with Crippen LogP contribution in [0.5, 0.6) is 0 Å². The third kappa shape index (κ3) is 139. The van der Waals surface area contributed by atoms with Gasteiger partial charge in [0.2, 0.25) is 0 Å². The van der Waals surface area contributed by atoms with Crippen LogP contribution >= 0.6 is 0 Å². The highest BCUT2D eigenvalue weighted by Gasteiger charge is 1.92. The SMILES string of the molecule is O=[O+][O-].OB(O)O. The molecule has 0 saturated heterocycles. The Morgan fingerprint density at radius 1 is 1.43 bits per heavy atom. The van der Waals surface area contributed by atoms with Crippen LogP contribution in [-0.4, -0.2) is 22.4 Å². The molecule has 0 aromatic heterocycles. The Morgan fingerprint density at radius 3 is 1.43 bits per heavy atom. The van der Waals surface area contributed by atoms with Crippen LogP contribution in [0.1, 0.15) is 0 Å². The molecule has 0 radical (unpaired) electrons. The first kappa shape index (κ1) is 9.60. The van der Waals surface area contributed by atoms with E-state index in [4.69, 9.17) is 25.3 Å². The summed E-state index contributed by atoms with van der Waals surface area (Å²) in [5, 5.41) is 29.4. The van der Waals surface area contributed by atoms with Crippen LogP contribution in [0.3, 0.4) is 0 Å². The second kappa shape index (κ2) is 9.02. The van der Waals surface area contributed by atoms with Gasteiger partial charge < -0.3 is 15.1 Å². The lowest BCUT2D eigenvalue weighted by Gasteiger charge is -1.69. The van der Waals surface area contributed by atoms with Crippen LogP contribution in [0.15, 0.2) is 0 Å². The Hall–Kier alpha value is -0.655. The Bertz CT molecular complexity index is 28.4. The Kier molecular flexibility index (Phi) is 12.4. The minimum atomic E-state index is -2.17. The zero-order chi connectivity index (χ0) is 6.28. The van der Waals surface area contributed by atoms with Crippen molar-refractivity contribution < 1.29 is 20.3 Å². The van der Waals surface area contributed by atoms with E-state index in [0.717, 1.165) is 0 Å². The summed E-state index contributed by atoms with van der Waals surface area (Å²) in [4.78, 5) is 7.88. The molecule has 0 amide bonds. The number of rotatable bonds is 0. The molecule has 0 saturated carbocycles. The van der Waals surface area contributed by atoms with Gasteiger partial charge in [0.15, 0.2) is 4.75 Å². The molecular formula is H3BO6. The van der Waals surface area contributed by atoms with Crippen molar-refractivity contribution in [1.29, 1.82) is 0 Å². The summed E-state index contributed by atoms with van der Waals surface area (Å²) >= 11 is 0. The number of hydrogen-bond acceptors (Lipinski definition) is 5. The maximum absolute atomic E-state index is 7.88. The summed E-state index contributed by atoms with van der Waals surface area (Å²) < 4.78 is 1.75. The van der Waals surface area contributed by atoms with Gasteiger partial charge in [0, 0.05) is 0 Å². The van der Waals surface area contributed by atoms with Gasteiger partial charge >= 0.3 is 7.32 Å². The highest BCUT2D eigenvalue weighted by Crippen LogP contribution is 1.40. The Balaban J connectivity index is 0. The van der Waals surface area contributed by atoms with E-state index in [9.17, 15) is 0 Å². The van der Waals surface area contributed by atoms with Crippen LogP contribution in [0.25, 0.3) is 0 Å². The van der Waals surface area contributed by atoms with Gasteiger partial charge in [0.1, 0.15) is 0 Å². The monoisotopic (exact) mass is 110 g/mol. The molecule has 0 aliphatic heterocycles. The zero-order valence-corrected chi connectivity index (χ0v) is 3.14. The van der Waals surface area contributed by atoms with Crippen LogP contribution in [0, 0.1) is 9.71 Å². The summed E-state index contributed by atoms with van der Waals surface area (Å²) in [6.07, 6.45) is 0. The molecular weight excluding hydrogens is 107 g/mol. The standard InChI is InChI=1S/BH3O3.O3/c2-1(3)4;1-3-2/h2-4H;. The average molecular weight is 110 g/mol. The lowest BCUT2D eigenvalue weighted by atomic mass is 10.3. The third-order valence-corrected chi connectivity index (χ3v) is 0. The zero-order valence-electron chi connectivity index (χ0n) is 3.14. The van der Waals surface area contributed by atoms with E-state index in [1.54, 1.807) is 4.75 Å². The van der Waals surface area contributed by atoms with Crippen LogP contribution in [0.4, 0.5) is 0 Å². The summed E-state index contributed by atoms with van der Waals surface area (Å²) in [7, 11) is -2.17. The Morgan fingerprint density at radius 2 is 1.43 bits per heavy atom. The van der Waals surface area contributed by atoms with Crippen molar-refractivity contribution in [1.82, 2.24) is 0 Å². The molecule has 7 heavy (non-hydrogen) atoms. The molecule has 7 heteroatoms. The molecule has 0 heterocycles. The summed E-state index contributed by atoms with van der Waals surface area (Å²) in [5.74, 6) is 0. The average Bonchev–Trinajstić information content (AvgIpc) is 1.33. The largest absolute Gasteiger partial charge is 0.631 e. The predicted molar refractivity (Wildman–Crippen MR) is 19.1 cm³/mol. The first-order chi connectivity index (χ1) is 3.15. The lowest BCUT2D eigenvalue weighted by Crippen LogP contribution is -2.07. The molecule has 0 aliphatic rings. The van der Waals surface area contributed by atoms with Gasteiger partial charge in [-0.3, -0.25) is 0 Å². The summed E-state index contributed by atoms with van der Waals surface area (Å²) in [6.45, 7) is 0. The van der Waals surface area contributed by atoms with Crippen LogP contribution in [0.2, 0.25) is 0 Å². The topological polar surface area (TPSA) is 112 Å². The van der Waals surface area contributed by atoms with Gasteiger partial charge in [-0.15, -0.1) is 0 Å². The van der Waals surface area contributed by atoms with E-state index < -0.39 is 7.32 Å². The minimum Gasteiger partial charge on any atom is -0.402 e. The van der Waals surface area contributed by atoms with E-state index in [-0.39, 0.29) is 0 Å². The van der Waals surface area contributed by atoms with Gasteiger partial charge in [-0.1, -0.05) is 10.2 Å². The van der Waals surface area contributed by atoms with E-state index in [1.165, 1.54) is 0 Å². The fraction of sp³-hybridized carbons (Fsp3) is 0. The second-order valence-electron chi connectivity index (χ2n) is 0.414. The quantitative estimate of drug-likeness (QED) is 0.132. The molecule has 0 spiro atoms. The predicted octanol–water partition coefficient (Wildman–Crippen LogP) is -3.17. The van der Waals surface area contributed by atoms with Crippen molar-refractivity contribution in [3.8, 4) is 0 Å². The Labute approximate surface area is 38.7 Å². The molecule has 0 aromatic rings. The van der Waals surface area contributed by atoms with E-state index >= 15 is 0 Å². The molecule has 0 aliphatic carbocycles. The molecule has 0 unspecified atom stereocenters. The molecule has 3 N–H and O–H groups in total. The maximum atomic E-state index is 7.88. The first-order valence-corrected chi connectivity index (χ1v) is 1.11. The first-order valence-electron chi connectivity index (χ1n) is 1.11. The molecule has 6 nitrogen and oxygen atoms in total. The van der Waals surface area contributed by atoms with Crippen molar-refractivity contribution >= 4 is 7.32 Å². The fourth-order valence-corrected chi connectivity index (χ4v) is 0. The van der Waals surface area contributed by atoms with E-state index in [2.05, 4.69) is 0 Å². The van der Waals surface area contributed by atoms with Crippen molar-refractivity contribution in [2.24, 2.45) is 0 Å². The lowest BCUT2D eigenvalue weighted by molar-refractivity contribution is -0.284. The fourth-order valence-electron chi connectivity index (χ4n) is 0.